The maximum Gasteiger partial charge on any atom is 0.0731 e. The quantitative estimate of drug-likeness (QED) is 0.909. The van der Waals surface area contributed by atoms with Gasteiger partial charge in [-0.1, -0.05) is 17.7 Å². The molecule has 0 aromatic heterocycles. The molecule has 2 rings (SSSR count). The molecule has 88 valence electrons. The first-order valence-electron chi connectivity index (χ1n) is 5.33. The fraction of sp³-hybridized carbons (Fsp3) is 0.500. The second-order valence-electron chi connectivity index (χ2n) is 4.26. The molecule has 0 saturated carbocycles. The molecule has 0 unspecified atom stereocenters. The summed E-state index contributed by atoms with van der Waals surface area (Å²) in [5.74, 6) is 0. The monoisotopic (exact) mass is 304 g/mol. The first-order chi connectivity index (χ1) is 7.59. The summed E-state index contributed by atoms with van der Waals surface area (Å²) >= 11 is 9.38. The molecule has 0 radical (unpaired) electrons. The van der Waals surface area contributed by atoms with E-state index in [4.69, 9.17) is 16.3 Å². The van der Waals surface area contributed by atoms with Gasteiger partial charge >= 0.3 is 0 Å². The maximum absolute atomic E-state index is 10.4. The van der Waals surface area contributed by atoms with Gasteiger partial charge in [0.05, 0.1) is 10.6 Å². The second kappa shape index (κ2) is 5.05. The second-order valence-corrected chi connectivity index (χ2v) is 5.52. The van der Waals surface area contributed by atoms with Crippen molar-refractivity contribution in [2.45, 2.75) is 24.9 Å². The van der Waals surface area contributed by atoms with Crippen LogP contribution in [0.4, 0.5) is 0 Å². The third kappa shape index (κ3) is 2.98. The van der Waals surface area contributed by atoms with E-state index in [9.17, 15) is 5.11 Å². The van der Waals surface area contributed by atoms with Gasteiger partial charge in [0.25, 0.3) is 0 Å². The fourth-order valence-electron chi connectivity index (χ4n) is 1.96. The summed E-state index contributed by atoms with van der Waals surface area (Å²) in [6.45, 7) is 1.28. The lowest BCUT2D eigenvalue weighted by Crippen LogP contribution is -2.38. The fourth-order valence-corrected chi connectivity index (χ4v) is 2.41. The van der Waals surface area contributed by atoms with Crippen molar-refractivity contribution in [3.63, 3.8) is 0 Å². The minimum absolute atomic E-state index is 0.630. The Hall–Kier alpha value is -0.0900. The Morgan fingerprint density at radius 1 is 1.38 bits per heavy atom. The van der Waals surface area contributed by atoms with Crippen LogP contribution in [-0.4, -0.2) is 23.9 Å². The zero-order valence-electron chi connectivity index (χ0n) is 8.88. The van der Waals surface area contributed by atoms with Crippen molar-refractivity contribution in [2.24, 2.45) is 0 Å². The van der Waals surface area contributed by atoms with Gasteiger partial charge in [0, 0.05) is 24.1 Å². The molecule has 16 heavy (non-hydrogen) atoms. The number of benzene rings is 1. The molecule has 1 N–H and O–H groups in total. The van der Waals surface area contributed by atoms with Crippen molar-refractivity contribution in [1.82, 2.24) is 0 Å². The maximum atomic E-state index is 10.4. The zero-order chi connectivity index (χ0) is 11.6. The number of rotatable bonds is 2. The van der Waals surface area contributed by atoms with Crippen LogP contribution < -0.4 is 0 Å². The molecule has 1 aliphatic heterocycles. The Kier molecular flexibility index (Phi) is 3.90. The van der Waals surface area contributed by atoms with E-state index in [1.54, 1.807) is 0 Å². The van der Waals surface area contributed by atoms with Crippen LogP contribution in [0.15, 0.2) is 22.7 Å². The van der Waals surface area contributed by atoms with Crippen LogP contribution in [-0.2, 0) is 11.2 Å². The van der Waals surface area contributed by atoms with Gasteiger partial charge in [-0.2, -0.15) is 0 Å². The third-order valence-electron chi connectivity index (χ3n) is 2.94. The Morgan fingerprint density at radius 2 is 2.06 bits per heavy atom. The highest BCUT2D eigenvalue weighted by Gasteiger charge is 2.29. The molecular formula is C12H14BrClO2. The molecule has 0 atom stereocenters. The Morgan fingerprint density at radius 3 is 2.69 bits per heavy atom. The van der Waals surface area contributed by atoms with Crippen molar-refractivity contribution in [1.29, 1.82) is 0 Å². The van der Waals surface area contributed by atoms with Crippen molar-refractivity contribution in [3.05, 3.63) is 33.3 Å². The van der Waals surface area contributed by atoms with E-state index < -0.39 is 5.60 Å². The van der Waals surface area contributed by atoms with E-state index in [1.807, 2.05) is 18.2 Å². The van der Waals surface area contributed by atoms with Crippen LogP contribution in [0.5, 0.6) is 0 Å². The smallest absolute Gasteiger partial charge is 0.0731 e. The van der Waals surface area contributed by atoms with E-state index >= 15 is 0 Å². The van der Waals surface area contributed by atoms with E-state index in [1.165, 1.54) is 0 Å². The van der Waals surface area contributed by atoms with Crippen LogP contribution in [0.2, 0.25) is 5.02 Å². The number of hydrogen-bond donors (Lipinski definition) is 1. The van der Waals surface area contributed by atoms with Crippen LogP contribution >= 0.6 is 27.5 Å². The molecule has 0 amide bonds. The highest BCUT2D eigenvalue weighted by molar-refractivity contribution is 9.10. The van der Waals surface area contributed by atoms with Crippen molar-refractivity contribution < 1.29 is 9.84 Å². The molecular weight excluding hydrogens is 291 g/mol. The summed E-state index contributed by atoms with van der Waals surface area (Å²) in [4.78, 5) is 0. The van der Waals surface area contributed by atoms with Crippen LogP contribution in [0.3, 0.4) is 0 Å². The van der Waals surface area contributed by atoms with Crippen LogP contribution in [0.25, 0.3) is 0 Å². The zero-order valence-corrected chi connectivity index (χ0v) is 11.2. The number of hydrogen-bond acceptors (Lipinski definition) is 2. The largest absolute Gasteiger partial charge is 0.389 e. The lowest BCUT2D eigenvalue weighted by molar-refractivity contribution is -0.0625. The number of aliphatic hydroxyl groups is 1. The van der Waals surface area contributed by atoms with Gasteiger partial charge in [-0.25, -0.2) is 0 Å². The van der Waals surface area contributed by atoms with Gasteiger partial charge in [-0.15, -0.1) is 0 Å². The highest BCUT2D eigenvalue weighted by Crippen LogP contribution is 2.28. The average Bonchev–Trinajstić information content (AvgIpc) is 2.24. The van der Waals surface area contributed by atoms with Gasteiger partial charge in [-0.05, 0) is 46.5 Å². The molecule has 0 spiro atoms. The van der Waals surface area contributed by atoms with Gasteiger partial charge < -0.3 is 9.84 Å². The minimum atomic E-state index is -0.630. The van der Waals surface area contributed by atoms with Crippen molar-refractivity contribution >= 4 is 27.5 Å². The van der Waals surface area contributed by atoms with E-state index in [2.05, 4.69) is 15.9 Å². The summed E-state index contributed by atoms with van der Waals surface area (Å²) in [5.41, 5.74) is 0.438. The first kappa shape index (κ1) is 12.4. The molecule has 0 aliphatic carbocycles. The van der Waals surface area contributed by atoms with Gasteiger partial charge in [0.2, 0.25) is 0 Å². The number of halogens is 2. The standard InChI is InChI=1S/C12H14BrClO2/c13-10-2-1-9(7-11(10)14)8-12(15)3-5-16-6-4-12/h1-2,7,15H,3-6,8H2. The molecule has 0 bridgehead atoms. The predicted octanol–water partition coefficient (Wildman–Crippen LogP) is 3.19. The molecule has 1 heterocycles. The Labute approximate surface area is 109 Å². The summed E-state index contributed by atoms with van der Waals surface area (Å²) in [6.07, 6.45) is 2.03. The third-order valence-corrected chi connectivity index (χ3v) is 4.17. The van der Waals surface area contributed by atoms with Crippen molar-refractivity contribution in [2.75, 3.05) is 13.2 Å². The van der Waals surface area contributed by atoms with Crippen molar-refractivity contribution in [3.8, 4) is 0 Å². The highest BCUT2D eigenvalue weighted by atomic mass is 79.9. The predicted molar refractivity (Wildman–Crippen MR) is 67.9 cm³/mol. The molecule has 1 fully saturated rings. The lowest BCUT2D eigenvalue weighted by Gasteiger charge is -2.32. The van der Waals surface area contributed by atoms with Gasteiger partial charge in [0.1, 0.15) is 0 Å². The summed E-state index contributed by atoms with van der Waals surface area (Å²) in [7, 11) is 0. The van der Waals surface area contributed by atoms with Crippen LogP contribution in [0, 0.1) is 0 Å². The Bertz CT molecular complexity index is 375. The topological polar surface area (TPSA) is 29.5 Å². The molecule has 1 saturated heterocycles. The van der Waals surface area contributed by atoms with Gasteiger partial charge in [-0.3, -0.25) is 0 Å². The normalized spacial score (nSPS) is 19.7. The Balaban J connectivity index is 2.10. The minimum Gasteiger partial charge on any atom is -0.389 e. The van der Waals surface area contributed by atoms with Crippen LogP contribution in [0.1, 0.15) is 18.4 Å². The summed E-state index contributed by atoms with van der Waals surface area (Å²) in [5, 5.41) is 11.0. The lowest BCUT2D eigenvalue weighted by atomic mass is 9.87. The molecule has 1 aromatic rings. The average molecular weight is 306 g/mol. The molecule has 1 aromatic carbocycles. The number of ether oxygens (including phenoxy) is 1. The molecule has 4 heteroatoms. The van der Waals surface area contributed by atoms with E-state index in [-0.39, 0.29) is 0 Å². The SMILES string of the molecule is OC1(Cc2ccc(Br)c(Cl)c2)CCOCC1. The van der Waals surface area contributed by atoms with E-state index in [0.717, 1.165) is 10.0 Å². The molecule has 2 nitrogen and oxygen atoms in total. The summed E-state index contributed by atoms with van der Waals surface area (Å²) in [6, 6.07) is 5.81. The van der Waals surface area contributed by atoms with E-state index in [0.29, 0.717) is 37.5 Å². The summed E-state index contributed by atoms with van der Waals surface area (Å²) < 4.78 is 6.14. The van der Waals surface area contributed by atoms with Gasteiger partial charge in [0.15, 0.2) is 0 Å². The first-order valence-corrected chi connectivity index (χ1v) is 6.50. The molecule has 1 aliphatic rings.